The first-order valence-electron chi connectivity index (χ1n) is 9.38. The summed E-state index contributed by atoms with van der Waals surface area (Å²) in [4.78, 5) is 15.1. The number of methoxy groups -OCH3 is 1. The molecule has 1 saturated heterocycles. The molecular weight excluding hydrogens is 324 g/mol. The molecule has 1 heterocycles. The Bertz CT molecular complexity index is 709. The van der Waals surface area contributed by atoms with Gasteiger partial charge in [-0.2, -0.15) is 0 Å². The van der Waals surface area contributed by atoms with Gasteiger partial charge in [0, 0.05) is 12.1 Å². The van der Waals surface area contributed by atoms with Gasteiger partial charge in [-0.3, -0.25) is 9.69 Å². The molecule has 2 aromatic rings. The van der Waals surface area contributed by atoms with Crippen LogP contribution in [0.1, 0.15) is 41.7 Å². The first kappa shape index (κ1) is 18.5. The zero-order valence-electron chi connectivity index (χ0n) is 15.7. The largest absolute Gasteiger partial charge is 0.497 e. The van der Waals surface area contributed by atoms with Crippen molar-refractivity contribution in [2.75, 3.05) is 26.7 Å². The maximum absolute atomic E-state index is 12.6. The molecular formula is C22H28N2O2. The second-order valence-electron chi connectivity index (χ2n) is 7.09. The van der Waals surface area contributed by atoms with Gasteiger partial charge in [0.1, 0.15) is 5.75 Å². The van der Waals surface area contributed by atoms with Crippen LogP contribution in [0.2, 0.25) is 0 Å². The Labute approximate surface area is 156 Å². The molecule has 1 fully saturated rings. The number of benzene rings is 2. The molecule has 1 atom stereocenters. The molecule has 0 aromatic heterocycles. The van der Waals surface area contributed by atoms with E-state index in [0.717, 1.165) is 19.0 Å². The number of carbonyl (C=O) groups is 1. The molecule has 4 nitrogen and oxygen atoms in total. The Morgan fingerprint density at radius 2 is 1.88 bits per heavy atom. The summed E-state index contributed by atoms with van der Waals surface area (Å²) in [7, 11) is 1.61. The second kappa shape index (κ2) is 8.86. The maximum atomic E-state index is 12.6. The van der Waals surface area contributed by atoms with E-state index in [-0.39, 0.29) is 11.9 Å². The molecule has 1 aliphatic heterocycles. The van der Waals surface area contributed by atoms with E-state index in [1.165, 1.54) is 18.4 Å². The molecule has 1 aliphatic rings. The van der Waals surface area contributed by atoms with Crippen molar-refractivity contribution in [3.8, 4) is 5.75 Å². The van der Waals surface area contributed by atoms with Crippen LogP contribution in [-0.2, 0) is 0 Å². The third-order valence-electron chi connectivity index (χ3n) is 5.23. The van der Waals surface area contributed by atoms with Crippen molar-refractivity contribution in [2.45, 2.75) is 25.8 Å². The number of ether oxygens (including phenoxy) is 1. The zero-order valence-corrected chi connectivity index (χ0v) is 15.7. The first-order valence-corrected chi connectivity index (χ1v) is 9.38. The summed E-state index contributed by atoms with van der Waals surface area (Å²) in [5, 5.41) is 3.12. The van der Waals surface area contributed by atoms with E-state index in [9.17, 15) is 4.79 Å². The van der Waals surface area contributed by atoms with E-state index in [4.69, 9.17) is 4.74 Å². The summed E-state index contributed by atoms with van der Waals surface area (Å²) in [5.74, 6) is 1.42. The molecule has 1 amide bonds. The van der Waals surface area contributed by atoms with E-state index in [2.05, 4.69) is 41.4 Å². The average molecular weight is 352 g/mol. The molecule has 138 valence electrons. The Balaban J connectivity index is 1.70. The lowest BCUT2D eigenvalue weighted by Gasteiger charge is -2.37. The number of hydrogen-bond acceptors (Lipinski definition) is 3. The molecule has 0 spiro atoms. The van der Waals surface area contributed by atoms with Gasteiger partial charge in [0.15, 0.2) is 0 Å². The fraction of sp³-hybridized carbons (Fsp3) is 0.409. The molecule has 3 rings (SSSR count). The minimum absolute atomic E-state index is 0.0600. The molecule has 2 aromatic carbocycles. The SMILES string of the molecule is COc1cccc(C(=O)NCC(c2ccccc2)N2CCC(C)CC2)c1. The molecule has 4 heteroatoms. The van der Waals surface area contributed by atoms with Gasteiger partial charge in [-0.1, -0.05) is 43.3 Å². The Kier molecular flexibility index (Phi) is 6.29. The van der Waals surface area contributed by atoms with Crippen LogP contribution in [0.5, 0.6) is 5.75 Å². The van der Waals surface area contributed by atoms with E-state index in [1.54, 1.807) is 13.2 Å². The monoisotopic (exact) mass is 352 g/mol. The summed E-state index contributed by atoms with van der Waals surface area (Å²) in [6.07, 6.45) is 2.43. The van der Waals surface area contributed by atoms with Gasteiger partial charge in [0.05, 0.1) is 13.2 Å². The van der Waals surface area contributed by atoms with Gasteiger partial charge in [-0.25, -0.2) is 0 Å². The van der Waals surface area contributed by atoms with Crippen LogP contribution in [-0.4, -0.2) is 37.6 Å². The minimum atomic E-state index is -0.0600. The lowest BCUT2D eigenvalue weighted by atomic mass is 9.95. The third kappa shape index (κ3) is 4.64. The minimum Gasteiger partial charge on any atom is -0.497 e. The summed E-state index contributed by atoms with van der Waals surface area (Å²) in [6.45, 7) is 5.08. The lowest BCUT2D eigenvalue weighted by molar-refractivity contribution is 0.0912. The highest BCUT2D eigenvalue weighted by Crippen LogP contribution is 2.26. The van der Waals surface area contributed by atoms with Gasteiger partial charge in [0.25, 0.3) is 5.91 Å². The molecule has 26 heavy (non-hydrogen) atoms. The first-order chi connectivity index (χ1) is 12.7. The third-order valence-corrected chi connectivity index (χ3v) is 5.23. The number of nitrogens with one attached hydrogen (secondary N) is 1. The van der Waals surface area contributed by atoms with Gasteiger partial charge in [-0.15, -0.1) is 0 Å². The highest BCUT2D eigenvalue weighted by atomic mass is 16.5. The molecule has 0 aliphatic carbocycles. The predicted molar refractivity (Wildman–Crippen MR) is 104 cm³/mol. The highest BCUT2D eigenvalue weighted by molar-refractivity contribution is 5.94. The van der Waals surface area contributed by atoms with E-state index in [0.29, 0.717) is 17.9 Å². The molecule has 0 radical (unpaired) electrons. The second-order valence-corrected chi connectivity index (χ2v) is 7.09. The lowest BCUT2D eigenvalue weighted by Crippen LogP contribution is -2.42. The van der Waals surface area contributed by atoms with E-state index >= 15 is 0 Å². The van der Waals surface area contributed by atoms with Crippen molar-refractivity contribution in [1.29, 1.82) is 0 Å². The molecule has 0 bridgehead atoms. The van der Waals surface area contributed by atoms with Crippen LogP contribution < -0.4 is 10.1 Å². The van der Waals surface area contributed by atoms with Crippen LogP contribution in [0.15, 0.2) is 54.6 Å². The number of nitrogens with zero attached hydrogens (tertiary/aromatic N) is 1. The maximum Gasteiger partial charge on any atom is 0.251 e. The molecule has 0 saturated carbocycles. The predicted octanol–water partition coefficient (Wildman–Crippen LogP) is 3.90. The summed E-state index contributed by atoms with van der Waals surface area (Å²) < 4.78 is 5.22. The van der Waals surface area contributed by atoms with Gasteiger partial charge in [-0.05, 0) is 55.6 Å². The Morgan fingerprint density at radius 3 is 2.58 bits per heavy atom. The van der Waals surface area contributed by atoms with Crippen molar-refractivity contribution < 1.29 is 9.53 Å². The highest BCUT2D eigenvalue weighted by Gasteiger charge is 2.25. The fourth-order valence-electron chi connectivity index (χ4n) is 3.53. The van der Waals surface area contributed by atoms with Crippen molar-refractivity contribution in [1.82, 2.24) is 10.2 Å². The van der Waals surface area contributed by atoms with Crippen LogP contribution >= 0.6 is 0 Å². The number of hydrogen-bond donors (Lipinski definition) is 1. The van der Waals surface area contributed by atoms with Crippen molar-refractivity contribution in [3.05, 3.63) is 65.7 Å². The summed E-state index contributed by atoms with van der Waals surface area (Å²) in [6, 6.07) is 18.0. The Morgan fingerprint density at radius 1 is 1.15 bits per heavy atom. The number of amides is 1. The number of rotatable bonds is 6. The quantitative estimate of drug-likeness (QED) is 0.857. The number of piperidine rings is 1. The average Bonchev–Trinajstić information content (AvgIpc) is 2.70. The standard InChI is InChI=1S/C22H28N2O2/c1-17-11-13-24(14-12-17)21(18-7-4-3-5-8-18)16-23-22(25)19-9-6-10-20(15-19)26-2/h3-10,15,17,21H,11-14,16H2,1-2H3,(H,23,25). The van der Waals surface area contributed by atoms with Crippen LogP contribution in [0, 0.1) is 5.92 Å². The van der Waals surface area contributed by atoms with E-state index in [1.807, 2.05) is 24.3 Å². The molecule has 1 N–H and O–H groups in total. The van der Waals surface area contributed by atoms with Crippen LogP contribution in [0.3, 0.4) is 0 Å². The topological polar surface area (TPSA) is 41.6 Å². The summed E-state index contributed by atoms with van der Waals surface area (Å²) in [5.41, 5.74) is 1.89. The van der Waals surface area contributed by atoms with Gasteiger partial charge >= 0.3 is 0 Å². The van der Waals surface area contributed by atoms with E-state index < -0.39 is 0 Å². The van der Waals surface area contributed by atoms with Gasteiger partial charge < -0.3 is 10.1 Å². The van der Waals surface area contributed by atoms with Crippen molar-refractivity contribution in [3.63, 3.8) is 0 Å². The van der Waals surface area contributed by atoms with Crippen LogP contribution in [0.25, 0.3) is 0 Å². The van der Waals surface area contributed by atoms with Crippen molar-refractivity contribution >= 4 is 5.91 Å². The Hall–Kier alpha value is -2.33. The normalized spacial score (nSPS) is 16.8. The van der Waals surface area contributed by atoms with Crippen LogP contribution in [0.4, 0.5) is 0 Å². The van der Waals surface area contributed by atoms with Crippen molar-refractivity contribution in [2.24, 2.45) is 5.92 Å². The fourth-order valence-corrected chi connectivity index (χ4v) is 3.53. The zero-order chi connectivity index (χ0) is 18.4. The number of carbonyl (C=O) groups excluding carboxylic acids is 1. The number of likely N-dealkylation sites (tertiary alicyclic amines) is 1. The molecule has 1 unspecified atom stereocenters. The smallest absolute Gasteiger partial charge is 0.251 e. The summed E-state index contributed by atoms with van der Waals surface area (Å²) >= 11 is 0. The van der Waals surface area contributed by atoms with Gasteiger partial charge in [0.2, 0.25) is 0 Å².